The van der Waals surface area contributed by atoms with Gasteiger partial charge in [0.25, 0.3) is 5.56 Å². The first-order valence-electron chi connectivity index (χ1n) is 4.69. The number of halogens is 1. The Kier molecular flexibility index (Phi) is 2.44. The number of aromatic nitrogens is 2. The second kappa shape index (κ2) is 3.77. The predicted octanol–water partition coefficient (Wildman–Crippen LogP) is 1.47. The van der Waals surface area contributed by atoms with E-state index < -0.39 is 0 Å². The van der Waals surface area contributed by atoms with E-state index >= 15 is 0 Å². The molecule has 4 nitrogen and oxygen atoms in total. The van der Waals surface area contributed by atoms with E-state index in [1.165, 1.54) is 18.2 Å². The van der Waals surface area contributed by atoms with Gasteiger partial charge in [0.1, 0.15) is 17.5 Å². The van der Waals surface area contributed by atoms with Crippen LogP contribution in [0.15, 0.2) is 29.1 Å². The van der Waals surface area contributed by atoms with E-state index in [4.69, 9.17) is 5.73 Å². The second-order valence-corrected chi connectivity index (χ2v) is 3.48. The van der Waals surface area contributed by atoms with Crippen molar-refractivity contribution in [1.82, 2.24) is 9.97 Å². The minimum Gasteiger partial charge on any atom is -0.383 e. The van der Waals surface area contributed by atoms with E-state index in [2.05, 4.69) is 9.97 Å². The number of nitrogens with zero attached hydrogens (tertiary/aromatic N) is 1. The minimum absolute atomic E-state index is 0.141. The summed E-state index contributed by atoms with van der Waals surface area (Å²) >= 11 is 0. The van der Waals surface area contributed by atoms with Gasteiger partial charge in [-0.25, -0.2) is 9.37 Å². The zero-order valence-corrected chi connectivity index (χ0v) is 8.62. The topological polar surface area (TPSA) is 71.8 Å². The van der Waals surface area contributed by atoms with Gasteiger partial charge in [0.15, 0.2) is 0 Å². The highest BCUT2D eigenvalue weighted by atomic mass is 19.1. The zero-order chi connectivity index (χ0) is 11.7. The molecule has 16 heavy (non-hydrogen) atoms. The highest BCUT2D eigenvalue weighted by Gasteiger charge is 2.06. The van der Waals surface area contributed by atoms with Crippen LogP contribution in [0.5, 0.6) is 0 Å². The molecular formula is C11H10FN3O. The van der Waals surface area contributed by atoms with Crippen molar-refractivity contribution >= 4 is 5.82 Å². The van der Waals surface area contributed by atoms with Crippen LogP contribution in [0.4, 0.5) is 10.2 Å². The molecule has 0 unspecified atom stereocenters. The van der Waals surface area contributed by atoms with Gasteiger partial charge < -0.3 is 10.7 Å². The van der Waals surface area contributed by atoms with Gasteiger partial charge in [-0.3, -0.25) is 4.79 Å². The van der Waals surface area contributed by atoms with Gasteiger partial charge in [0, 0.05) is 11.6 Å². The Morgan fingerprint density at radius 3 is 2.75 bits per heavy atom. The first-order valence-corrected chi connectivity index (χ1v) is 4.69. The lowest BCUT2D eigenvalue weighted by Gasteiger charge is -2.05. The number of H-pyrrole nitrogens is 1. The summed E-state index contributed by atoms with van der Waals surface area (Å²) in [4.78, 5) is 17.8. The zero-order valence-electron chi connectivity index (χ0n) is 8.62. The summed E-state index contributed by atoms with van der Waals surface area (Å²) in [5.41, 5.74) is 6.49. The van der Waals surface area contributed by atoms with Crippen LogP contribution in [0.2, 0.25) is 0 Å². The van der Waals surface area contributed by atoms with E-state index in [1.54, 1.807) is 13.0 Å². The fourth-order valence-corrected chi connectivity index (χ4v) is 1.50. The second-order valence-electron chi connectivity index (χ2n) is 3.48. The highest BCUT2D eigenvalue weighted by Crippen LogP contribution is 2.19. The fraction of sp³-hybridized carbons (Fsp3) is 0.0909. The number of rotatable bonds is 1. The van der Waals surface area contributed by atoms with Crippen molar-refractivity contribution in [2.24, 2.45) is 0 Å². The molecule has 2 rings (SSSR count). The molecule has 3 N–H and O–H groups in total. The summed E-state index contributed by atoms with van der Waals surface area (Å²) in [7, 11) is 0. The Morgan fingerprint density at radius 2 is 2.12 bits per heavy atom. The lowest BCUT2D eigenvalue weighted by atomic mass is 10.1. The normalized spacial score (nSPS) is 10.4. The van der Waals surface area contributed by atoms with Gasteiger partial charge in [-0.05, 0) is 30.7 Å². The smallest absolute Gasteiger partial charge is 0.253 e. The standard InChI is InChI=1S/C11H10FN3O/c1-6-4-7(12)2-3-8(6)11-14-9(13)5-10(16)15-11/h2-5H,1H3,(H3,13,14,15,16). The molecule has 0 aliphatic rings. The summed E-state index contributed by atoms with van der Waals surface area (Å²) < 4.78 is 12.9. The number of nitrogen functional groups attached to an aromatic ring is 1. The first kappa shape index (κ1) is 10.4. The molecule has 0 saturated heterocycles. The third-order valence-corrected chi connectivity index (χ3v) is 2.21. The van der Waals surface area contributed by atoms with Gasteiger partial charge in [0.2, 0.25) is 0 Å². The summed E-state index contributed by atoms with van der Waals surface area (Å²) in [6, 6.07) is 5.44. The van der Waals surface area contributed by atoms with E-state index in [-0.39, 0.29) is 17.2 Å². The molecule has 0 spiro atoms. The predicted molar refractivity (Wildman–Crippen MR) is 59.4 cm³/mol. The van der Waals surface area contributed by atoms with Crippen LogP contribution in [0.25, 0.3) is 11.4 Å². The number of hydrogen-bond donors (Lipinski definition) is 2. The average molecular weight is 219 g/mol. The van der Waals surface area contributed by atoms with Crippen molar-refractivity contribution in [2.75, 3.05) is 5.73 Å². The molecule has 0 saturated carbocycles. The van der Waals surface area contributed by atoms with Crippen LogP contribution < -0.4 is 11.3 Å². The van der Waals surface area contributed by atoms with Gasteiger partial charge in [0.05, 0.1) is 0 Å². The fourth-order valence-electron chi connectivity index (χ4n) is 1.50. The molecule has 1 aromatic carbocycles. The third kappa shape index (κ3) is 1.93. The maximum Gasteiger partial charge on any atom is 0.253 e. The SMILES string of the molecule is Cc1cc(F)ccc1-c1nc(N)cc(=O)[nH]1. The molecule has 0 bridgehead atoms. The van der Waals surface area contributed by atoms with Gasteiger partial charge in [-0.15, -0.1) is 0 Å². The van der Waals surface area contributed by atoms with Crippen LogP contribution in [-0.2, 0) is 0 Å². The van der Waals surface area contributed by atoms with Crippen LogP contribution >= 0.6 is 0 Å². The Hall–Kier alpha value is -2.17. The number of aryl methyl sites for hydroxylation is 1. The largest absolute Gasteiger partial charge is 0.383 e. The van der Waals surface area contributed by atoms with Gasteiger partial charge in [-0.1, -0.05) is 0 Å². The molecule has 2 aromatic rings. The summed E-state index contributed by atoms with van der Waals surface area (Å²) in [6.45, 7) is 1.74. The highest BCUT2D eigenvalue weighted by molar-refractivity contribution is 5.60. The molecular weight excluding hydrogens is 209 g/mol. The number of benzene rings is 1. The third-order valence-electron chi connectivity index (χ3n) is 2.21. The quantitative estimate of drug-likeness (QED) is 0.762. The Morgan fingerprint density at radius 1 is 1.38 bits per heavy atom. The molecule has 1 aromatic heterocycles. The number of nitrogens with one attached hydrogen (secondary N) is 1. The maximum atomic E-state index is 12.9. The van der Waals surface area contributed by atoms with Crippen molar-refractivity contribution in [3.8, 4) is 11.4 Å². The van der Waals surface area contributed by atoms with E-state index in [0.29, 0.717) is 17.0 Å². The lowest BCUT2D eigenvalue weighted by Crippen LogP contribution is -2.10. The van der Waals surface area contributed by atoms with E-state index in [9.17, 15) is 9.18 Å². The average Bonchev–Trinajstić information content (AvgIpc) is 2.15. The first-order chi connectivity index (χ1) is 7.56. The van der Waals surface area contributed by atoms with Crippen molar-refractivity contribution in [1.29, 1.82) is 0 Å². The molecule has 0 aliphatic heterocycles. The van der Waals surface area contributed by atoms with Crippen molar-refractivity contribution < 1.29 is 4.39 Å². The van der Waals surface area contributed by atoms with Crippen LogP contribution in [0.1, 0.15) is 5.56 Å². The van der Waals surface area contributed by atoms with Gasteiger partial charge in [-0.2, -0.15) is 0 Å². The number of anilines is 1. The molecule has 82 valence electrons. The lowest BCUT2D eigenvalue weighted by molar-refractivity contribution is 0.627. The summed E-state index contributed by atoms with van der Waals surface area (Å²) in [6.07, 6.45) is 0. The number of nitrogens with two attached hydrogens (primary N) is 1. The molecule has 1 heterocycles. The van der Waals surface area contributed by atoms with Crippen LogP contribution in [0, 0.1) is 12.7 Å². The summed E-state index contributed by atoms with van der Waals surface area (Å²) in [5, 5.41) is 0. The van der Waals surface area contributed by atoms with E-state index in [0.717, 1.165) is 0 Å². The maximum absolute atomic E-state index is 12.9. The van der Waals surface area contributed by atoms with Crippen LogP contribution in [0.3, 0.4) is 0 Å². The Bertz CT molecular complexity index is 592. The van der Waals surface area contributed by atoms with Crippen molar-refractivity contribution in [3.63, 3.8) is 0 Å². The Labute approximate surface area is 91.0 Å². The Balaban J connectivity index is 2.63. The molecule has 0 atom stereocenters. The van der Waals surface area contributed by atoms with Crippen LogP contribution in [-0.4, -0.2) is 9.97 Å². The van der Waals surface area contributed by atoms with E-state index in [1.807, 2.05) is 0 Å². The molecule has 5 heteroatoms. The molecule has 0 fully saturated rings. The molecule has 0 aliphatic carbocycles. The summed E-state index contributed by atoms with van der Waals surface area (Å²) in [5.74, 6) is 0.164. The monoisotopic (exact) mass is 219 g/mol. The number of hydrogen-bond acceptors (Lipinski definition) is 3. The van der Waals surface area contributed by atoms with Crippen molar-refractivity contribution in [2.45, 2.75) is 6.92 Å². The minimum atomic E-state index is -0.328. The number of aromatic amines is 1. The molecule has 0 radical (unpaired) electrons. The van der Waals surface area contributed by atoms with Gasteiger partial charge >= 0.3 is 0 Å². The molecule has 0 amide bonds. The van der Waals surface area contributed by atoms with Crippen molar-refractivity contribution in [3.05, 3.63) is 46.0 Å².